The number of rotatable bonds is 6. The maximum absolute atomic E-state index is 10.2. The Morgan fingerprint density at radius 2 is 1.25 bits per heavy atom. The van der Waals surface area contributed by atoms with Gasteiger partial charge in [-0.2, -0.15) is 9.98 Å². The lowest BCUT2D eigenvalue weighted by Gasteiger charge is -2.32. The Morgan fingerprint density at radius 1 is 0.714 bits per heavy atom. The molecule has 0 aromatic carbocycles. The quantitative estimate of drug-likeness (QED) is 0.513. The van der Waals surface area contributed by atoms with E-state index in [2.05, 4.69) is 20.0 Å². The minimum absolute atomic E-state index is 0.233. The van der Waals surface area contributed by atoms with E-state index in [0.717, 1.165) is 51.4 Å². The van der Waals surface area contributed by atoms with Gasteiger partial charge in [0.25, 0.3) is 0 Å². The molecule has 2 fully saturated rings. The van der Waals surface area contributed by atoms with E-state index in [-0.39, 0.29) is 11.1 Å². The summed E-state index contributed by atoms with van der Waals surface area (Å²) in [7, 11) is 0. The van der Waals surface area contributed by atoms with Crippen molar-refractivity contribution in [1.29, 1.82) is 0 Å². The third-order valence-electron chi connectivity index (χ3n) is 5.70. The van der Waals surface area contributed by atoms with Crippen LogP contribution in [0.15, 0.2) is 20.0 Å². The Balaban J connectivity index is 0.000000280. The molecule has 2 saturated carbocycles. The summed E-state index contributed by atoms with van der Waals surface area (Å²) in [6.07, 6.45) is 13.8. The lowest BCUT2D eigenvalue weighted by atomic mass is 9.77. The van der Waals surface area contributed by atoms with Crippen molar-refractivity contribution in [3.63, 3.8) is 0 Å². The summed E-state index contributed by atoms with van der Waals surface area (Å²) < 4.78 is 0. The van der Waals surface area contributed by atoms with Crippen LogP contribution in [-0.4, -0.2) is 48.5 Å². The van der Waals surface area contributed by atoms with Crippen molar-refractivity contribution in [1.82, 2.24) is 0 Å². The van der Waals surface area contributed by atoms with Crippen molar-refractivity contribution in [2.24, 2.45) is 31.8 Å². The second-order valence-electron chi connectivity index (χ2n) is 8.17. The number of hydrogen-bond donors (Lipinski definition) is 0. The number of aliphatic imine (C=N–C) groups is 4. The molecule has 0 N–H and O–H groups in total. The van der Waals surface area contributed by atoms with Crippen molar-refractivity contribution < 1.29 is 19.2 Å². The molecule has 0 aliphatic heterocycles. The maximum Gasteiger partial charge on any atom is 0.235 e. The second-order valence-corrected chi connectivity index (χ2v) is 8.17. The normalized spacial score (nSPS) is 31.4. The van der Waals surface area contributed by atoms with Crippen LogP contribution < -0.4 is 0 Å². The minimum Gasteiger partial charge on any atom is -0.211 e. The van der Waals surface area contributed by atoms with Crippen LogP contribution in [-0.2, 0) is 19.2 Å². The lowest BCUT2D eigenvalue weighted by Crippen LogP contribution is -2.31. The van der Waals surface area contributed by atoms with Gasteiger partial charge in [0.1, 0.15) is 0 Å². The van der Waals surface area contributed by atoms with Gasteiger partial charge in [-0.15, -0.1) is 0 Å². The van der Waals surface area contributed by atoms with Crippen LogP contribution in [0.4, 0.5) is 0 Å². The topological polar surface area (TPSA) is 118 Å². The third kappa shape index (κ3) is 8.47. The van der Waals surface area contributed by atoms with Crippen LogP contribution in [0.3, 0.4) is 0 Å². The van der Waals surface area contributed by atoms with Gasteiger partial charge >= 0.3 is 0 Å². The first-order chi connectivity index (χ1) is 13.4. The highest BCUT2D eigenvalue weighted by atomic mass is 16.1. The fraction of sp³-hybridized carbons (Fsp3) is 0.800. The Hall–Kier alpha value is -2.48. The van der Waals surface area contributed by atoms with E-state index in [1.807, 2.05) is 13.8 Å². The van der Waals surface area contributed by atoms with Crippen LogP contribution in [0.25, 0.3) is 0 Å². The molecule has 0 aromatic heterocycles. The standard InChI is InChI=1S/2C10H14N2O2/c1-10(12-8-14)4-2-9(3-5-10)6-11-7-13;1-10(12-8-14)4-2-3-9(5-10)6-11-7-13/h2*9H,2-6H2,1H3. The molecule has 0 aromatic rings. The summed E-state index contributed by atoms with van der Waals surface area (Å²) in [4.78, 5) is 55.1. The van der Waals surface area contributed by atoms with Gasteiger partial charge < -0.3 is 0 Å². The largest absolute Gasteiger partial charge is 0.235 e. The number of isocyanates is 4. The molecule has 0 spiro atoms. The van der Waals surface area contributed by atoms with Gasteiger partial charge in [0.15, 0.2) is 0 Å². The Bertz CT molecular complexity index is 691. The number of nitrogens with zero attached hydrogens (tertiary/aromatic N) is 4. The van der Waals surface area contributed by atoms with E-state index in [9.17, 15) is 19.2 Å². The SMILES string of the molecule is CC1(N=C=O)CCC(CN=C=O)CC1.CC1(N=C=O)CCCC(CN=C=O)C1. The van der Waals surface area contributed by atoms with Crippen molar-refractivity contribution >= 4 is 24.3 Å². The molecule has 2 aliphatic carbocycles. The maximum atomic E-state index is 10.2. The van der Waals surface area contributed by atoms with Crippen molar-refractivity contribution in [3.05, 3.63) is 0 Å². The number of carbonyl (C=O) groups excluding carboxylic acids is 4. The highest BCUT2D eigenvalue weighted by Gasteiger charge is 2.32. The predicted octanol–water partition coefficient (Wildman–Crippen LogP) is 3.21. The van der Waals surface area contributed by atoms with Gasteiger partial charge in [0.2, 0.25) is 24.3 Å². The van der Waals surface area contributed by atoms with Crippen LogP contribution in [0.2, 0.25) is 0 Å². The van der Waals surface area contributed by atoms with Gasteiger partial charge in [-0.25, -0.2) is 29.2 Å². The summed E-state index contributed by atoms with van der Waals surface area (Å²) in [6, 6.07) is 0. The zero-order valence-corrected chi connectivity index (χ0v) is 16.6. The molecule has 0 bridgehead atoms. The van der Waals surface area contributed by atoms with Gasteiger partial charge in [-0.1, -0.05) is 6.42 Å². The van der Waals surface area contributed by atoms with E-state index in [1.165, 1.54) is 0 Å². The van der Waals surface area contributed by atoms with E-state index < -0.39 is 0 Å². The van der Waals surface area contributed by atoms with Gasteiger partial charge in [-0.05, 0) is 70.6 Å². The van der Waals surface area contributed by atoms with Crippen molar-refractivity contribution in [3.8, 4) is 0 Å². The van der Waals surface area contributed by atoms with Crippen LogP contribution >= 0.6 is 0 Å². The summed E-state index contributed by atoms with van der Waals surface area (Å²) in [5.41, 5.74) is -0.522. The van der Waals surface area contributed by atoms with E-state index in [4.69, 9.17) is 0 Å². The average molecular weight is 388 g/mol. The second kappa shape index (κ2) is 12.1. The summed E-state index contributed by atoms with van der Waals surface area (Å²) >= 11 is 0. The fourth-order valence-corrected chi connectivity index (χ4v) is 4.00. The van der Waals surface area contributed by atoms with Crippen LogP contribution in [0.5, 0.6) is 0 Å². The molecular weight excluding hydrogens is 360 g/mol. The Labute approximate surface area is 165 Å². The Morgan fingerprint density at radius 3 is 1.79 bits per heavy atom. The first-order valence-electron chi connectivity index (χ1n) is 9.65. The van der Waals surface area contributed by atoms with E-state index in [0.29, 0.717) is 24.9 Å². The molecule has 28 heavy (non-hydrogen) atoms. The van der Waals surface area contributed by atoms with Crippen LogP contribution in [0, 0.1) is 11.8 Å². The predicted molar refractivity (Wildman–Crippen MR) is 103 cm³/mol. The Kier molecular flexibility index (Phi) is 10.2. The zero-order chi connectivity index (χ0) is 20.9. The molecule has 0 heterocycles. The first kappa shape index (κ1) is 23.6. The smallest absolute Gasteiger partial charge is 0.211 e. The van der Waals surface area contributed by atoms with Crippen molar-refractivity contribution in [2.75, 3.05) is 13.1 Å². The molecule has 2 rings (SSSR count). The van der Waals surface area contributed by atoms with Crippen molar-refractivity contribution in [2.45, 2.75) is 76.3 Å². The molecule has 0 radical (unpaired) electrons. The molecule has 0 saturated heterocycles. The monoisotopic (exact) mass is 388 g/mol. The number of hydrogen-bond acceptors (Lipinski definition) is 8. The third-order valence-corrected chi connectivity index (χ3v) is 5.70. The fourth-order valence-electron chi connectivity index (χ4n) is 4.00. The summed E-state index contributed by atoms with van der Waals surface area (Å²) in [5.74, 6) is 0.804. The van der Waals surface area contributed by atoms with E-state index in [1.54, 1.807) is 24.3 Å². The molecule has 8 nitrogen and oxygen atoms in total. The highest BCUT2D eigenvalue weighted by molar-refractivity contribution is 5.35. The molecule has 2 aliphatic rings. The summed E-state index contributed by atoms with van der Waals surface area (Å²) in [5, 5.41) is 0. The molecule has 8 heteroatoms. The average Bonchev–Trinajstić information content (AvgIpc) is 2.67. The zero-order valence-electron chi connectivity index (χ0n) is 16.6. The van der Waals surface area contributed by atoms with Gasteiger partial charge in [0, 0.05) is 0 Å². The molecule has 2 unspecified atom stereocenters. The van der Waals surface area contributed by atoms with Gasteiger partial charge in [0.05, 0.1) is 24.2 Å². The first-order valence-corrected chi connectivity index (χ1v) is 9.65. The van der Waals surface area contributed by atoms with Crippen LogP contribution in [0.1, 0.15) is 65.2 Å². The molecule has 2 atom stereocenters. The highest BCUT2D eigenvalue weighted by Crippen LogP contribution is 2.35. The van der Waals surface area contributed by atoms with Gasteiger partial charge in [-0.3, -0.25) is 0 Å². The summed E-state index contributed by atoms with van der Waals surface area (Å²) in [6.45, 7) is 4.99. The molecule has 152 valence electrons. The van der Waals surface area contributed by atoms with E-state index >= 15 is 0 Å². The minimum atomic E-state index is -0.289. The molecular formula is C20H28N4O4. The molecule has 0 amide bonds. The lowest BCUT2D eigenvalue weighted by molar-refractivity contribution is 0.248.